The minimum Gasteiger partial charge on any atom is -0.493 e. The molecule has 3 N–H and O–H groups in total. The van der Waals surface area contributed by atoms with Gasteiger partial charge in [0, 0.05) is 17.8 Å². The lowest BCUT2D eigenvalue weighted by atomic mass is 10.0. The van der Waals surface area contributed by atoms with Gasteiger partial charge >= 0.3 is 0 Å². The van der Waals surface area contributed by atoms with Gasteiger partial charge in [-0.15, -0.1) is 0 Å². The second kappa shape index (κ2) is 6.39. The first kappa shape index (κ1) is 15.0. The van der Waals surface area contributed by atoms with E-state index >= 15 is 0 Å². The van der Waals surface area contributed by atoms with Crippen LogP contribution in [-0.4, -0.2) is 14.2 Å². The summed E-state index contributed by atoms with van der Waals surface area (Å²) in [6, 6.07) is 11.9. The third-order valence-corrected chi connectivity index (χ3v) is 3.41. The Bertz CT molecular complexity index is 607. The summed E-state index contributed by atoms with van der Waals surface area (Å²) in [5.41, 5.74) is 9.75. The van der Waals surface area contributed by atoms with E-state index in [1.54, 1.807) is 20.3 Å². The van der Waals surface area contributed by atoms with E-state index < -0.39 is 0 Å². The predicted octanol–water partition coefficient (Wildman–Crippen LogP) is 4.15. The summed E-state index contributed by atoms with van der Waals surface area (Å²) in [7, 11) is 3.20. The quantitative estimate of drug-likeness (QED) is 0.811. The summed E-state index contributed by atoms with van der Waals surface area (Å²) in [5.74, 6) is 1.79. The first-order valence-electron chi connectivity index (χ1n) is 6.93. The lowest BCUT2D eigenvalue weighted by molar-refractivity contribution is 0.355. The number of hydrogen-bond donors (Lipinski definition) is 2. The number of nitrogen functional groups attached to an aromatic ring is 1. The number of ether oxygens (including phenoxy) is 2. The zero-order valence-electron chi connectivity index (χ0n) is 12.9. The van der Waals surface area contributed by atoms with Crippen LogP contribution >= 0.6 is 0 Å². The summed E-state index contributed by atoms with van der Waals surface area (Å²) in [5, 5.41) is 3.30. The molecule has 4 heteroatoms. The van der Waals surface area contributed by atoms with E-state index in [9.17, 15) is 0 Å². The fraction of sp³-hybridized carbons (Fsp3) is 0.294. The zero-order chi connectivity index (χ0) is 15.4. The molecule has 21 heavy (non-hydrogen) atoms. The number of nitrogens with one attached hydrogen (secondary N) is 1. The number of hydrogen-bond acceptors (Lipinski definition) is 4. The molecule has 0 aliphatic rings. The van der Waals surface area contributed by atoms with Crippen LogP contribution in [0.3, 0.4) is 0 Å². The van der Waals surface area contributed by atoms with Crippen LogP contribution in [0.4, 0.5) is 17.1 Å². The molecular formula is C17H22N2O2. The van der Waals surface area contributed by atoms with Crippen LogP contribution in [0.25, 0.3) is 0 Å². The van der Waals surface area contributed by atoms with E-state index in [-0.39, 0.29) is 0 Å². The molecule has 0 unspecified atom stereocenters. The molecule has 4 nitrogen and oxygen atoms in total. The van der Waals surface area contributed by atoms with E-state index in [1.807, 2.05) is 18.2 Å². The average molecular weight is 286 g/mol. The van der Waals surface area contributed by atoms with Crippen molar-refractivity contribution in [3.8, 4) is 11.5 Å². The SMILES string of the molecule is COc1cc(N)c(Nc2ccc(C(C)C)cc2)cc1OC. The topological polar surface area (TPSA) is 56.5 Å². The van der Waals surface area contributed by atoms with Gasteiger partial charge in [-0.25, -0.2) is 0 Å². The Hall–Kier alpha value is -2.36. The number of methoxy groups -OCH3 is 2. The maximum Gasteiger partial charge on any atom is 0.162 e. The fourth-order valence-corrected chi connectivity index (χ4v) is 2.11. The van der Waals surface area contributed by atoms with Crippen molar-refractivity contribution in [1.82, 2.24) is 0 Å². The van der Waals surface area contributed by atoms with Crippen molar-refractivity contribution < 1.29 is 9.47 Å². The van der Waals surface area contributed by atoms with Crippen molar-refractivity contribution >= 4 is 17.1 Å². The molecule has 0 bridgehead atoms. The molecule has 0 radical (unpaired) electrons. The highest BCUT2D eigenvalue weighted by Gasteiger charge is 2.09. The summed E-state index contributed by atoms with van der Waals surface area (Å²) < 4.78 is 10.5. The number of nitrogens with two attached hydrogens (primary N) is 1. The molecule has 0 saturated heterocycles. The Kier molecular flexibility index (Phi) is 4.58. The van der Waals surface area contributed by atoms with Gasteiger partial charge in [0.15, 0.2) is 11.5 Å². The minimum absolute atomic E-state index is 0.519. The third kappa shape index (κ3) is 3.40. The fourth-order valence-electron chi connectivity index (χ4n) is 2.11. The lowest BCUT2D eigenvalue weighted by Crippen LogP contribution is -1.99. The number of rotatable bonds is 5. The van der Waals surface area contributed by atoms with Gasteiger partial charge in [-0.3, -0.25) is 0 Å². The number of benzene rings is 2. The zero-order valence-corrected chi connectivity index (χ0v) is 12.9. The molecule has 0 spiro atoms. The summed E-state index contributed by atoms with van der Waals surface area (Å²) in [6.07, 6.45) is 0. The summed E-state index contributed by atoms with van der Waals surface area (Å²) in [6.45, 7) is 4.35. The molecule has 2 aromatic carbocycles. The Morgan fingerprint density at radius 3 is 2.05 bits per heavy atom. The lowest BCUT2D eigenvalue weighted by Gasteiger charge is -2.14. The largest absolute Gasteiger partial charge is 0.493 e. The highest BCUT2D eigenvalue weighted by atomic mass is 16.5. The van der Waals surface area contributed by atoms with Crippen molar-refractivity contribution in [2.75, 3.05) is 25.3 Å². The maximum absolute atomic E-state index is 6.05. The van der Waals surface area contributed by atoms with Crippen LogP contribution in [0, 0.1) is 0 Å². The molecular weight excluding hydrogens is 264 g/mol. The molecule has 112 valence electrons. The van der Waals surface area contributed by atoms with E-state index in [1.165, 1.54) is 5.56 Å². The Labute approximate surface area is 125 Å². The number of anilines is 3. The molecule has 0 saturated carbocycles. The first-order valence-corrected chi connectivity index (χ1v) is 6.93. The van der Waals surface area contributed by atoms with Gasteiger partial charge in [0.1, 0.15) is 0 Å². The van der Waals surface area contributed by atoms with E-state index in [0.717, 1.165) is 11.4 Å². The minimum atomic E-state index is 0.519. The normalized spacial score (nSPS) is 10.5. The van der Waals surface area contributed by atoms with Crippen molar-refractivity contribution in [1.29, 1.82) is 0 Å². The molecule has 0 aromatic heterocycles. The highest BCUT2D eigenvalue weighted by molar-refractivity contribution is 5.76. The molecule has 0 aliphatic carbocycles. The van der Waals surface area contributed by atoms with Crippen LogP contribution in [0.2, 0.25) is 0 Å². The Morgan fingerprint density at radius 1 is 0.952 bits per heavy atom. The highest BCUT2D eigenvalue weighted by Crippen LogP contribution is 2.36. The Balaban J connectivity index is 2.26. The third-order valence-electron chi connectivity index (χ3n) is 3.41. The van der Waals surface area contributed by atoms with Gasteiger partial charge in [-0.05, 0) is 23.6 Å². The maximum atomic E-state index is 6.05. The van der Waals surface area contributed by atoms with Gasteiger partial charge in [0.2, 0.25) is 0 Å². The summed E-state index contributed by atoms with van der Waals surface area (Å²) in [4.78, 5) is 0. The van der Waals surface area contributed by atoms with Crippen molar-refractivity contribution in [2.45, 2.75) is 19.8 Å². The van der Waals surface area contributed by atoms with Crippen LogP contribution in [0.5, 0.6) is 11.5 Å². The summed E-state index contributed by atoms with van der Waals surface area (Å²) >= 11 is 0. The van der Waals surface area contributed by atoms with Crippen molar-refractivity contribution in [3.05, 3.63) is 42.0 Å². The monoisotopic (exact) mass is 286 g/mol. The van der Waals surface area contributed by atoms with Gasteiger partial charge in [-0.1, -0.05) is 26.0 Å². The molecule has 0 fully saturated rings. The van der Waals surface area contributed by atoms with Gasteiger partial charge in [-0.2, -0.15) is 0 Å². The van der Waals surface area contributed by atoms with Gasteiger partial charge < -0.3 is 20.5 Å². The molecule has 0 amide bonds. The molecule has 0 heterocycles. The smallest absolute Gasteiger partial charge is 0.162 e. The van der Waals surface area contributed by atoms with Crippen LogP contribution in [0.15, 0.2) is 36.4 Å². The molecule has 2 aromatic rings. The van der Waals surface area contributed by atoms with Crippen LogP contribution in [-0.2, 0) is 0 Å². The second-order valence-corrected chi connectivity index (χ2v) is 5.20. The average Bonchev–Trinajstić information content (AvgIpc) is 2.49. The van der Waals surface area contributed by atoms with E-state index in [0.29, 0.717) is 23.1 Å². The van der Waals surface area contributed by atoms with Crippen LogP contribution in [0.1, 0.15) is 25.3 Å². The van der Waals surface area contributed by atoms with Gasteiger partial charge in [0.05, 0.1) is 25.6 Å². The molecule has 0 aliphatic heterocycles. The standard InChI is InChI=1S/C17H22N2O2/c1-11(2)12-5-7-13(8-6-12)19-15-10-17(21-4)16(20-3)9-14(15)18/h5-11,19H,18H2,1-4H3. The predicted molar refractivity (Wildman–Crippen MR) is 87.8 cm³/mol. The van der Waals surface area contributed by atoms with Crippen LogP contribution < -0.4 is 20.5 Å². The van der Waals surface area contributed by atoms with E-state index in [2.05, 4.69) is 31.3 Å². The second-order valence-electron chi connectivity index (χ2n) is 5.20. The van der Waals surface area contributed by atoms with E-state index in [4.69, 9.17) is 15.2 Å². The van der Waals surface area contributed by atoms with Crippen molar-refractivity contribution in [2.24, 2.45) is 0 Å². The van der Waals surface area contributed by atoms with Crippen molar-refractivity contribution in [3.63, 3.8) is 0 Å². The molecule has 0 atom stereocenters. The molecule has 2 rings (SSSR count). The first-order chi connectivity index (χ1) is 10.0. The van der Waals surface area contributed by atoms with Gasteiger partial charge in [0.25, 0.3) is 0 Å². The Morgan fingerprint density at radius 2 is 1.52 bits per heavy atom.